The molecule has 4 aromatic rings. The van der Waals surface area contributed by atoms with Gasteiger partial charge >= 0.3 is 6.36 Å². The van der Waals surface area contributed by atoms with E-state index < -0.39 is 6.36 Å². The van der Waals surface area contributed by atoms with E-state index >= 15 is 0 Å². The summed E-state index contributed by atoms with van der Waals surface area (Å²) in [5.41, 5.74) is 3.62. The lowest BCUT2D eigenvalue weighted by molar-refractivity contribution is -0.274. The Kier molecular flexibility index (Phi) is 4.73. The number of ether oxygens (including phenoxy) is 1. The highest BCUT2D eigenvalue weighted by atomic mass is 19.4. The minimum Gasteiger partial charge on any atom is -0.406 e. The Morgan fingerprint density at radius 2 is 1.65 bits per heavy atom. The van der Waals surface area contributed by atoms with E-state index in [1.165, 1.54) is 12.1 Å². The molecule has 0 bridgehead atoms. The van der Waals surface area contributed by atoms with Crippen LogP contribution in [0.3, 0.4) is 0 Å². The van der Waals surface area contributed by atoms with Crippen molar-refractivity contribution in [1.82, 2.24) is 9.97 Å². The van der Waals surface area contributed by atoms with Crippen molar-refractivity contribution < 1.29 is 17.9 Å². The molecule has 1 aliphatic heterocycles. The van der Waals surface area contributed by atoms with Gasteiger partial charge in [0.1, 0.15) is 11.6 Å². The smallest absolute Gasteiger partial charge is 0.406 e. The number of halogens is 3. The maximum absolute atomic E-state index is 12.4. The molecule has 2 aromatic carbocycles. The summed E-state index contributed by atoms with van der Waals surface area (Å²) in [6.07, 6.45) is -2.95. The molecule has 1 aliphatic rings. The summed E-state index contributed by atoms with van der Waals surface area (Å²) in [6, 6.07) is 21.8. The monoisotopic (exact) mass is 421 g/mol. The van der Waals surface area contributed by atoms with Gasteiger partial charge in [-0.3, -0.25) is 4.98 Å². The molecule has 3 heterocycles. The summed E-state index contributed by atoms with van der Waals surface area (Å²) in [5.74, 6) is 0.913. The highest BCUT2D eigenvalue weighted by Gasteiger charge is 2.33. The minimum absolute atomic E-state index is 0.218. The van der Waals surface area contributed by atoms with E-state index in [0.29, 0.717) is 0 Å². The zero-order chi connectivity index (χ0) is 21.4. The number of aromatic nitrogens is 2. The van der Waals surface area contributed by atoms with E-state index in [-0.39, 0.29) is 11.7 Å². The zero-order valence-corrected chi connectivity index (χ0v) is 16.4. The second kappa shape index (κ2) is 7.58. The molecule has 0 spiro atoms. The third-order valence-corrected chi connectivity index (χ3v) is 5.41. The van der Waals surface area contributed by atoms with Gasteiger partial charge in [0.25, 0.3) is 0 Å². The Hall–Kier alpha value is -3.61. The van der Waals surface area contributed by atoms with E-state index in [1.54, 1.807) is 18.3 Å². The third kappa shape index (κ3) is 4.03. The van der Waals surface area contributed by atoms with Crippen LogP contribution in [0.5, 0.6) is 5.75 Å². The van der Waals surface area contributed by atoms with Crippen molar-refractivity contribution in [1.29, 1.82) is 0 Å². The summed E-state index contributed by atoms with van der Waals surface area (Å²) < 4.78 is 41.2. The molecule has 0 amide bonds. The van der Waals surface area contributed by atoms with Crippen molar-refractivity contribution in [2.45, 2.75) is 12.3 Å². The number of anilines is 1. The predicted molar refractivity (Wildman–Crippen MR) is 113 cm³/mol. The van der Waals surface area contributed by atoms with Crippen LogP contribution in [0.1, 0.15) is 11.6 Å². The average molecular weight is 421 g/mol. The quantitative estimate of drug-likeness (QED) is 0.418. The van der Waals surface area contributed by atoms with Crippen LogP contribution in [0, 0.1) is 0 Å². The molecule has 0 atom stereocenters. The van der Waals surface area contributed by atoms with Crippen LogP contribution in [-0.2, 0) is 0 Å². The molecule has 1 saturated heterocycles. The SMILES string of the molecule is FC(F)(F)Oc1ccc(-c2cccnc2C2CN(c3ccc4ccccc4n3)C2)cc1. The van der Waals surface area contributed by atoms with Crippen LogP contribution in [0.25, 0.3) is 22.0 Å². The fourth-order valence-corrected chi connectivity index (χ4v) is 3.89. The largest absolute Gasteiger partial charge is 0.573 e. The lowest BCUT2D eigenvalue weighted by Crippen LogP contribution is -2.46. The maximum Gasteiger partial charge on any atom is 0.573 e. The molecule has 0 saturated carbocycles. The summed E-state index contributed by atoms with van der Waals surface area (Å²) in [4.78, 5) is 11.5. The lowest BCUT2D eigenvalue weighted by Gasteiger charge is -2.40. The van der Waals surface area contributed by atoms with E-state index in [9.17, 15) is 13.2 Å². The lowest BCUT2D eigenvalue weighted by atomic mass is 9.90. The Labute approximate surface area is 176 Å². The third-order valence-electron chi connectivity index (χ3n) is 5.41. The van der Waals surface area contributed by atoms with Gasteiger partial charge < -0.3 is 9.64 Å². The molecule has 0 aliphatic carbocycles. The Morgan fingerprint density at radius 1 is 0.871 bits per heavy atom. The molecule has 5 rings (SSSR count). The van der Waals surface area contributed by atoms with Crippen molar-refractivity contribution >= 4 is 16.7 Å². The van der Waals surface area contributed by atoms with E-state index in [1.807, 2.05) is 42.5 Å². The molecule has 2 aromatic heterocycles. The summed E-state index contributed by atoms with van der Waals surface area (Å²) >= 11 is 0. The molecule has 156 valence electrons. The van der Waals surface area contributed by atoms with Gasteiger partial charge in [0.15, 0.2) is 0 Å². The van der Waals surface area contributed by atoms with Crippen LogP contribution in [0.2, 0.25) is 0 Å². The van der Waals surface area contributed by atoms with E-state index in [2.05, 4.69) is 20.7 Å². The summed E-state index contributed by atoms with van der Waals surface area (Å²) in [5, 5.41) is 1.10. The normalized spacial score (nSPS) is 14.5. The van der Waals surface area contributed by atoms with Crippen molar-refractivity contribution in [2.24, 2.45) is 0 Å². The number of hydrogen-bond donors (Lipinski definition) is 0. The van der Waals surface area contributed by atoms with Crippen LogP contribution in [0.4, 0.5) is 19.0 Å². The van der Waals surface area contributed by atoms with Crippen molar-refractivity contribution in [2.75, 3.05) is 18.0 Å². The minimum atomic E-state index is -4.70. The topological polar surface area (TPSA) is 38.2 Å². The van der Waals surface area contributed by atoms with Crippen LogP contribution in [-0.4, -0.2) is 29.4 Å². The fraction of sp³-hybridized carbons (Fsp3) is 0.167. The number of pyridine rings is 2. The van der Waals surface area contributed by atoms with Crippen LogP contribution in [0.15, 0.2) is 79.0 Å². The highest BCUT2D eigenvalue weighted by molar-refractivity contribution is 5.80. The molecule has 0 N–H and O–H groups in total. The molecule has 0 radical (unpaired) electrons. The maximum atomic E-state index is 12.4. The number of fused-ring (bicyclic) bond motifs is 1. The van der Waals surface area contributed by atoms with Gasteiger partial charge in [0.2, 0.25) is 0 Å². The Morgan fingerprint density at radius 3 is 2.42 bits per heavy atom. The fourth-order valence-electron chi connectivity index (χ4n) is 3.89. The van der Waals surface area contributed by atoms with Crippen molar-refractivity contribution in [3.05, 3.63) is 84.7 Å². The Bertz CT molecular complexity index is 1220. The van der Waals surface area contributed by atoms with Gasteiger partial charge in [-0.25, -0.2) is 4.98 Å². The first-order valence-corrected chi connectivity index (χ1v) is 9.88. The number of para-hydroxylation sites is 1. The molecule has 1 fully saturated rings. The Balaban J connectivity index is 1.34. The van der Waals surface area contributed by atoms with Gasteiger partial charge in [-0.05, 0) is 42.0 Å². The first-order chi connectivity index (χ1) is 15.0. The number of benzene rings is 2. The van der Waals surface area contributed by atoms with Gasteiger partial charge in [-0.15, -0.1) is 13.2 Å². The second-order valence-electron chi connectivity index (χ2n) is 7.47. The van der Waals surface area contributed by atoms with Gasteiger partial charge in [-0.2, -0.15) is 0 Å². The van der Waals surface area contributed by atoms with Gasteiger partial charge in [-0.1, -0.05) is 36.4 Å². The van der Waals surface area contributed by atoms with E-state index in [0.717, 1.165) is 46.6 Å². The standard InChI is InChI=1S/C24H18F3N3O/c25-24(26,27)31-19-10-7-16(8-11-19)20-5-3-13-28-23(20)18-14-30(15-18)22-12-9-17-4-1-2-6-21(17)29-22/h1-13,18H,14-15H2. The zero-order valence-electron chi connectivity index (χ0n) is 16.4. The first kappa shape index (κ1) is 19.4. The molecular formula is C24H18F3N3O. The highest BCUT2D eigenvalue weighted by Crippen LogP contribution is 2.36. The number of nitrogens with zero attached hydrogens (tertiary/aromatic N) is 3. The molecule has 7 heteroatoms. The van der Waals surface area contributed by atoms with Crippen molar-refractivity contribution in [3.63, 3.8) is 0 Å². The summed E-state index contributed by atoms with van der Waals surface area (Å²) in [7, 11) is 0. The molecule has 31 heavy (non-hydrogen) atoms. The van der Waals surface area contributed by atoms with Crippen molar-refractivity contribution in [3.8, 4) is 16.9 Å². The number of alkyl halides is 3. The molecular weight excluding hydrogens is 403 g/mol. The average Bonchev–Trinajstić information content (AvgIpc) is 2.72. The van der Waals surface area contributed by atoms with Crippen LogP contribution >= 0.6 is 0 Å². The molecule has 0 unspecified atom stereocenters. The first-order valence-electron chi connectivity index (χ1n) is 9.88. The predicted octanol–water partition coefficient (Wildman–Crippen LogP) is 5.80. The van der Waals surface area contributed by atoms with Gasteiger partial charge in [0.05, 0.1) is 11.2 Å². The second-order valence-corrected chi connectivity index (χ2v) is 7.47. The molecule has 4 nitrogen and oxygen atoms in total. The van der Waals surface area contributed by atoms with E-state index in [4.69, 9.17) is 4.98 Å². The number of rotatable bonds is 4. The number of hydrogen-bond acceptors (Lipinski definition) is 4. The van der Waals surface area contributed by atoms with Gasteiger partial charge in [0, 0.05) is 36.2 Å². The summed E-state index contributed by atoms with van der Waals surface area (Å²) in [6.45, 7) is 1.56. The van der Waals surface area contributed by atoms with Crippen LogP contribution < -0.4 is 9.64 Å².